The Morgan fingerprint density at radius 3 is 2.55 bits per heavy atom. The lowest BCUT2D eigenvalue weighted by Crippen LogP contribution is -2.34. The SMILES string of the molecule is CC1c2nnn(-c3ncc(F)cn3)c2CCN1Cc1ccnc(C(F)(F)F)c1F. The Hall–Kier alpha value is -3.02. The third kappa shape index (κ3) is 3.55. The summed E-state index contributed by atoms with van der Waals surface area (Å²) in [4.78, 5) is 12.7. The topological polar surface area (TPSA) is 72.6 Å². The van der Waals surface area contributed by atoms with Crippen LogP contribution in [0.1, 0.15) is 35.6 Å². The van der Waals surface area contributed by atoms with Crippen molar-refractivity contribution in [3.8, 4) is 5.95 Å². The number of nitrogens with zero attached hydrogens (tertiary/aromatic N) is 7. The number of fused-ring (bicyclic) bond motifs is 1. The van der Waals surface area contributed by atoms with Crippen molar-refractivity contribution in [1.29, 1.82) is 0 Å². The van der Waals surface area contributed by atoms with E-state index in [1.807, 2.05) is 0 Å². The molecule has 1 unspecified atom stereocenters. The lowest BCUT2D eigenvalue weighted by Gasteiger charge is -2.32. The maximum absolute atomic E-state index is 14.3. The van der Waals surface area contributed by atoms with E-state index in [4.69, 9.17) is 0 Å². The van der Waals surface area contributed by atoms with Crippen molar-refractivity contribution in [1.82, 2.24) is 34.8 Å². The first-order valence-electron chi connectivity index (χ1n) is 8.62. The van der Waals surface area contributed by atoms with Crippen molar-refractivity contribution >= 4 is 0 Å². The van der Waals surface area contributed by atoms with Crippen LogP contribution in [0.4, 0.5) is 22.0 Å². The summed E-state index contributed by atoms with van der Waals surface area (Å²) in [6.45, 7) is 2.18. The highest BCUT2D eigenvalue weighted by Gasteiger charge is 2.37. The molecule has 1 atom stereocenters. The first-order chi connectivity index (χ1) is 13.8. The summed E-state index contributed by atoms with van der Waals surface area (Å²) >= 11 is 0. The van der Waals surface area contributed by atoms with Gasteiger partial charge >= 0.3 is 6.18 Å². The quantitative estimate of drug-likeness (QED) is 0.618. The molecule has 7 nitrogen and oxygen atoms in total. The van der Waals surface area contributed by atoms with Gasteiger partial charge in [0.1, 0.15) is 5.69 Å². The second kappa shape index (κ2) is 7.10. The normalized spacial score (nSPS) is 17.4. The van der Waals surface area contributed by atoms with Gasteiger partial charge in [-0.25, -0.2) is 23.7 Å². The van der Waals surface area contributed by atoms with Gasteiger partial charge in [0.25, 0.3) is 5.95 Å². The average Bonchev–Trinajstić information content (AvgIpc) is 3.10. The largest absolute Gasteiger partial charge is 0.436 e. The third-order valence-electron chi connectivity index (χ3n) is 4.78. The minimum Gasteiger partial charge on any atom is -0.290 e. The van der Waals surface area contributed by atoms with Gasteiger partial charge in [-0.2, -0.15) is 17.9 Å². The first-order valence-corrected chi connectivity index (χ1v) is 8.62. The molecule has 29 heavy (non-hydrogen) atoms. The Balaban J connectivity index is 1.59. The zero-order chi connectivity index (χ0) is 20.8. The van der Waals surface area contributed by atoms with Crippen molar-refractivity contribution in [3.63, 3.8) is 0 Å². The van der Waals surface area contributed by atoms with Crippen LogP contribution in [0.2, 0.25) is 0 Å². The lowest BCUT2D eigenvalue weighted by atomic mass is 10.0. The predicted molar refractivity (Wildman–Crippen MR) is 88.6 cm³/mol. The molecule has 4 heterocycles. The summed E-state index contributed by atoms with van der Waals surface area (Å²) in [6.07, 6.45) is -1.45. The molecule has 0 fully saturated rings. The van der Waals surface area contributed by atoms with Crippen LogP contribution < -0.4 is 0 Å². The van der Waals surface area contributed by atoms with Crippen LogP contribution in [0, 0.1) is 11.6 Å². The number of hydrogen-bond donors (Lipinski definition) is 0. The second-order valence-corrected chi connectivity index (χ2v) is 6.56. The molecule has 0 N–H and O–H groups in total. The van der Waals surface area contributed by atoms with E-state index in [2.05, 4.69) is 25.3 Å². The van der Waals surface area contributed by atoms with Gasteiger partial charge in [-0.05, 0) is 13.0 Å². The number of halogens is 5. The Bertz CT molecular complexity index is 1030. The van der Waals surface area contributed by atoms with Crippen molar-refractivity contribution < 1.29 is 22.0 Å². The Labute approximate surface area is 161 Å². The van der Waals surface area contributed by atoms with Gasteiger partial charge in [0.2, 0.25) is 0 Å². The fourth-order valence-electron chi connectivity index (χ4n) is 3.30. The van der Waals surface area contributed by atoms with E-state index in [0.717, 1.165) is 18.6 Å². The molecule has 12 heteroatoms. The molecule has 0 radical (unpaired) electrons. The highest BCUT2D eigenvalue weighted by Crippen LogP contribution is 2.33. The fourth-order valence-corrected chi connectivity index (χ4v) is 3.30. The molecular formula is C17H14F5N7. The van der Waals surface area contributed by atoms with Crippen molar-refractivity contribution in [2.75, 3.05) is 6.54 Å². The van der Waals surface area contributed by atoms with Crippen LogP contribution in [0.25, 0.3) is 5.95 Å². The maximum Gasteiger partial charge on any atom is 0.436 e. The first kappa shape index (κ1) is 19.3. The van der Waals surface area contributed by atoms with E-state index >= 15 is 0 Å². The molecule has 4 rings (SSSR count). The van der Waals surface area contributed by atoms with E-state index in [1.54, 1.807) is 11.8 Å². The van der Waals surface area contributed by atoms with Gasteiger partial charge in [0, 0.05) is 31.3 Å². The number of aromatic nitrogens is 6. The predicted octanol–water partition coefficient (Wildman–Crippen LogP) is 2.87. The van der Waals surface area contributed by atoms with Gasteiger partial charge in [-0.3, -0.25) is 4.90 Å². The van der Waals surface area contributed by atoms with Gasteiger partial charge in [0.05, 0.1) is 24.1 Å². The summed E-state index contributed by atoms with van der Waals surface area (Å²) < 4.78 is 67.4. The molecule has 1 aliphatic rings. The Kier molecular flexibility index (Phi) is 4.73. The summed E-state index contributed by atoms with van der Waals surface area (Å²) in [7, 11) is 0. The molecule has 3 aromatic rings. The molecule has 1 aliphatic heterocycles. The van der Waals surface area contributed by atoms with Gasteiger partial charge in [-0.1, -0.05) is 5.21 Å². The van der Waals surface area contributed by atoms with Crippen molar-refractivity contribution in [2.45, 2.75) is 32.1 Å². The van der Waals surface area contributed by atoms with E-state index in [1.165, 1.54) is 10.7 Å². The van der Waals surface area contributed by atoms with Crippen LogP contribution in [0.15, 0.2) is 24.7 Å². The highest BCUT2D eigenvalue weighted by molar-refractivity contribution is 5.26. The van der Waals surface area contributed by atoms with E-state index in [0.29, 0.717) is 24.4 Å². The van der Waals surface area contributed by atoms with Crippen LogP contribution in [0.5, 0.6) is 0 Å². The summed E-state index contributed by atoms with van der Waals surface area (Å²) in [5.41, 5.74) is -0.335. The fraction of sp³-hybridized carbons (Fsp3) is 0.353. The van der Waals surface area contributed by atoms with E-state index in [-0.39, 0.29) is 24.1 Å². The molecule has 0 aliphatic carbocycles. The van der Waals surface area contributed by atoms with Crippen LogP contribution in [-0.2, 0) is 19.1 Å². The van der Waals surface area contributed by atoms with Gasteiger partial charge < -0.3 is 0 Å². The molecule has 3 aromatic heterocycles. The van der Waals surface area contributed by atoms with Crippen LogP contribution >= 0.6 is 0 Å². The van der Waals surface area contributed by atoms with Crippen molar-refractivity contribution in [2.24, 2.45) is 0 Å². The lowest BCUT2D eigenvalue weighted by molar-refractivity contribution is -0.143. The molecular weight excluding hydrogens is 397 g/mol. The standard InChI is InChI=1S/C17H14F5N7/c1-9-14-12(29(27-26-14)16-24-6-11(18)7-25-16)3-5-28(9)8-10-2-4-23-15(13(10)19)17(20,21)22/h2,4,6-7,9H,3,5,8H2,1H3. The minimum absolute atomic E-state index is 0.0437. The summed E-state index contributed by atoms with van der Waals surface area (Å²) in [5.74, 6) is -1.79. The number of hydrogen-bond acceptors (Lipinski definition) is 6. The molecule has 0 spiro atoms. The average molecular weight is 411 g/mol. The van der Waals surface area contributed by atoms with Crippen LogP contribution in [0.3, 0.4) is 0 Å². The highest BCUT2D eigenvalue weighted by atomic mass is 19.4. The maximum atomic E-state index is 14.3. The third-order valence-corrected chi connectivity index (χ3v) is 4.78. The number of alkyl halides is 3. The number of rotatable bonds is 3. The molecule has 0 amide bonds. The monoisotopic (exact) mass is 411 g/mol. The zero-order valence-electron chi connectivity index (χ0n) is 15.0. The molecule has 0 bridgehead atoms. The van der Waals surface area contributed by atoms with Crippen LogP contribution in [-0.4, -0.2) is 41.4 Å². The van der Waals surface area contributed by atoms with E-state index < -0.39 is 23.5 Å². The molecule has 152 valence electrons. The molecule has 0 aromatic carbocycles. The summed E-state index contributed by atoms with van der Waals surface area (Å²) in [5, 5.41) is 8.13. The summed E-state index contributed by atoms with van der Waals surface area (Å²) in [6, 6.07) is 0.894. The smallest absolute Gasteiger partial charge is 0.290 e. The van der Waals surface area contributed by atoms with Gasteiger partial charge in [0.15, 0.2) is 17.3 Å². The van der Waals surface area contributed by atoms with E-state index in [9.17, 15) is 22.0 Å². The van der Waals surface area contributed by atoms with Gasteiger partial charge in [-0.15, -0.1) is 5.10 Å². The zero-order valence-corrected chi connectivity index (χ0v) is 15.0. The Morgan fingerprint density at radius 1 is 1.14 bits per heavy atom. The van der Waals surface area contributed by atoms with Crippen molar-refractivity contribution in [3.05, 3.63) is 58.9 Å². The molecule has 0 saturated heterocycles. The number of pyridine rings is 1. The minimum atomic E-state index is -4.86. The second-order valence-electron chi connectivity index (χ2n) is 6.56. The molecule has 0 saturated carbocycles. The Morgan fingerprint density at radius 2 is 1.86 bits per heavy atom.